The van der Waals surface area contributed by atoms with E-state index in [1.165, 1.54) is 0 Å². The highest BCUT2D eigenvalue weighted by Gasteiger charge is 2.45. The summed E-state index contributed by atoms with van der Waals surface area (Å²) in [6, 6.07) is 0.936. The van der Waals surface area contributed by atoms with E-state index in [2.05, 4.69) is 68.4 Å². The second kappa shape index (κ2) is 83.4. The zero-order valence-electron chi connectivity index (χ0n) is 85.9. The van der Waals surface area contributed by atoms with E-state index in [1.807, 2.05) is 65.1 Å². The molecular formula is C93H167F7N14O28S3. The summed E-state index contributed by atoms with van der Waals surface area (Å²) < 4.78 is 168. The van der Waals surface area contributed by atoms with Crippen LogP contribution >= 0.6 is 35.3 Å². The highest BCUT2D eigenvalue weighted by atomic mass is 32.2. The van der Waals surface area contributed by atoms with Gasteiger partial charge in [0.1, 0.15) is 22.8 Å². The molecule has 6 saturated heterocycles. The Bertz CT molecular complexity index is 3610. The summed E-state index contributed by atoms with van der Waals surface area (Å²) in [5, 5.41) is 46.8. The van der Waals surface area contributed by atoms with Gasteiger partial charge in [-0.2, -0.15) is 57.2 Å². The molecule has 0 aromatic heterocycles. The number of carboxylic acid groups (broad SMARTS) is 2. The Kier molecular flexibility index (Phi) is 78.0. The number of ether oxygens (including phenoxy) is 16. The summed E-state index contributed by atoms with van der Waals surface area (Å²) >= 11 is 5.55. The number of urea groups is 3. The third kappa shape index (κ3) is 75.1. The van der Waals surface area contributed by atoms with Crippen molar-refractivity contribution in [2.24, 2.45) is 17.2 Å². The third-order valence-corrected chi connectivity index (χ3v) is 24.5. The van der Waals surface area contributed by atoms with Crippen LogP contribution in [0.1, 0.15) is 191 Å². The fourth-order valence-corrected chi connectivity index (χ4v) is 17.8. The van der Waals surface area contributed by atoms with Gasteiger partial charge in [0, 0.05) is 137 Å². The number of hydrogen-bond donors (Lipinski definition) is 15. The number of carbonyl (C=O) groups excluding carboxylic acids is 9. The summed E-state index contributed by atoms with van der Waals surface area (Å²) in [5.41, 5.74) is 18.2. The topological polar surface area (TPSA) is 588 Å². The lowest BCUT2D eigenvalue weighted by molar-refractivity contribution is -0.369. The third-order valence-electron chi connectivity index (χ3n) is 20.0. The smallest absolute Gasteiger partial charge is 0.506 e. The van der Waals surface area contributed by atoms with Gasteiger partial charge < -0.3 is 167 Å². The van der Waals surface area contributed by atoms with Crippen molar-refractivity contribution >= 4 is 95.5 Å². The first kappa shape index (κ1) is 136. The minimum Gasteiger partial charge on any atom is -0.542 e. The quantitative estimate of drug-likeness (QED) is 0.00608. The molecule has 7 rings (SSSR count). The van der Waals surface area contributed by atoms with Gasteiger partial charge >= 0.3 is 48.6 Å². The molecule has 6 aliphatic heterocycles. The normalized spacial score (nSPS) is 18.3. The van der Waals surface area contributed by atoms with Crippen molar-refractivity contribution in [1.82, 2.24) is 53.2 Å². The molecule has 6 aliphatic rings. The summed E-state index contributed by atoms with van der Waals surface area (Å²) in [6.45, 7) is 35.4. The number of quaternary nitrogens is 1. The predicted octanol–water partition coefficient (Wildman–Crippen LogP) is 6.77. The number of hydrogen-bond acceptors (Lipinski definition) is 33. The molecule has 0 bridgehead atoms. The Labute approximate surface area is 861 Å². The molecule has 0 aliphatic carbocycles. The number of aliphatic carboxylic acids is 1. The summed E-state index contributed by atoms with van der Waals surface area (Å²) in [4.78, 5) is 111. The van der Waals surface area contributed by atoms with E-state index in [0.717, 1.165) is 120 Å². The Morgan fingerprint density at radius 1 is 0.386 bits per heavy atom. The number of benzene rings is 1. The SMILES string of the molecule is CC(C)(C)OC(=O)NCCCOCCOCCOCCCN.CC(C)(C)OC(=O)NCCCOCCOCCOCCCNC(=O)CCCCC1SCC2NC(=O)NC21.CC(C)(C)OC(=O)O.NCCCOCCOCCOCCCN.O=C([O-])C(F)(F)F.O=C1NC2CSC(CCCCC(=O)Oc3c(F)c(F)cc(F)c3F)C2N1.[NH3+]CCCOCCOCCOCCCNC(=O)CCCCC1SCC2NC(=O)NC21. The van der Waals surface area contributed by atoms with Crippen LogP contribution in [0.15, 0.2) is 6.07 Å². The zero-order chi connectivity index (χ0) is 108. The van der Waals surface area contributed by atoms with Crippen LogP contribution in [-0.4, -0.2) is 368 Å². The molecule has 0 spiro atoms. The number of amides is 10. The van der Waals surface area contributed by atoms with Gasteiger partial charge in [0.2, 0.25) is 29.2 Å². The average molecular weight is 2160 g/mol. The number of alkyl halides is 3. The van der Waals surface area contributed by atoms with Gasteiger partial charge in [-0.1, -0.05) is 19.3 Å². The largest absolute Gasteiger partial charge is 0.542 e. The maximum Gasteiger partial charge on any atom is 0.506 e. The minimum absolute atomic E-state index is 0.0447. The highest BCUT2D eigenvalue weighted by molar-refractivity contribution is 8.00. The number of esters is 1. The van der Waals surface area contributed by atoms with Gasteiger partial charge in [0.15, 0.2) is 11.6 Å². The molecule has 6 heterocycles. The molecule has 9 unspecified atom stereocenters. The molecule has 844 valence electrons. The van der Waals surface area contributed by atoms with E-state index in [4.69, 9.17) is 98.5 Å². The number of fused-ring (bicyclic) bond motifs is 3. The number of thioether (sulfide) groups is 3. The predicted molar refractivity (Wildman–Crippen MR) is 530 cm³/mol. The number of alkyl carbamates (subject to hydrolysis) is 2. The Balaban J connectivity index is 0.000000892. The van der Waals surface area contributed by atoms with Gasteiger partial charge in [-0.05, 0) is 165 Å². The van der Waals surface area contributed by atoms with Gasteiger partial charge in [-0.25, -0.2) is 37.5 Å². The molecular weight excluding hydrogens is 1990 g/mol. The monoisotopic (exact) mass is 2160 g/mol. The number of carbonyl (C=O) groups is 10. The van der Waals surface area contributed by atoms with E-state index < -0.39 is 82.3 Å². The average Bonchev–Trinajstić information content (AvgIpc) is 1.61. The van der Waals surface area contributed by atoms with Gasteiger partial charge in [0.05, 0.1) is 155 Å². The van der Waals surface area contributed by atoms with Crippen molar-refractivity contribution < 1.29 is 170 Å². The number of rotatable bonds is 68. The Morgan fingerprint density at radius 2 is 0.641 bits per heavy atom. The van der Waals surface area contributed by atoms with Crippen molar-refractivity contribution in [1.29, 1.82) is 0 Å². The number of unbranched alkanes of at least 4 members (excludes halogenated alkanes) is 3. The summed E-state index contributed by atoms with van der Waals surface area (Å²) in [6.07, 6.45) is 7.97. The Morgan fingerprint density at radius 3 is 0.890 bits per heavy atom. The van der Waals surface area contributed by atoms with Crippen LogP contribution < -0.4 is 85.9 Å². The fourth-order valence-electron chi connectivity index (χ4n) is 13.1. The van der Waals surface area contributed by atoms with E-state index >= 15 is 0 Å². The van der Waals surface area contributed by atoms with Crippen LogP contribution in [0.4, 0.5) is 59.5 Å². The van der Waals surface area contributed by atoms with Crippen molar-refractivity contribution in [3.05, 3.63) is 29.3 Å². The molecule has 1 aromatic rings. The van der Waals surface area contributed by atoms with Crippen molar-refractivity contribution in [2.45, 2.75) is 266 Å². The lowest BCUT2D eigenvalue weighted by Gasteiger charge is -2.19. The summed E-state index contributed by atoms with van der Waals surface area (Å²) in [5.74, 6) is -9.14. The standard InChI is InChI=1S/C25H46N4O7S.C20H38N4O5S.C16H16F4N2O3S.C15H32N2O5.C10H24N2O3.C5H10O3.C2HF3O2/c1-25(2,3)36-24(32)27-11-7-13-34-15-17-35-16-14-33-12-6-10-26-21(30)9-5-4-8-20-22-19(18-37-20)28-23(31)29-22;21-7-3-9-27-11-13-29-14-12-28-10-4-8-22-18(25)6-2-1-5-17-19-16(15-30-17)23-20(26)24-19;17-7-5-8(18)13(20)15(12(7)19)25-11(23)4-2-1-3-10-14-9(6-26-10)21-16(24)22-14;1-15(2,3)22-14(18)17-7-5-9-20-11-13-21-12-10-19-8-4-6-16;11-3-1-5-13-7-9-15-10-8-14-6-2-4-12;1-5(2,3)8-4(6)7;3-2(4,5)1(6)7/h19-20,22H,4-18H2,1-3H3,(H,26,30)(H,27,32)(H2,28,29,31);16-17,19H,1-15,21H2,(H,22,25)(H2,23,24,26);5,9-10,14H,1-4,6H2,(H2,21,22,24);4-13,16H2,1-3H3,(H,17,18);1-12H2;1-3H3,(H,6,7);(H,6,7). The second-order valence-corrected chi connectivity index (χ2v) is 39.9. The lowest BCUT2D eigenvalue weighted by Crippen LogP contribution is -2.50. The first-order chi connectivity index (χ1) is 69.0. The fraction of sp³-hybridized carbons (Fsp3) is 0.828. The second-order valence-electron chi connectivity index (χ2n) is 36.1. The molecule has 1 aromatic carbocycles. The van der Waals surface area contributed by atoms with E-state index in [9.17, 15) is 73.9 Å². The molecule has 0 saturated carbocycles. The molecule has 0 radical (unpaired) electrons. The molecule has 6 fully saturated rings. The van der Waals surface area contributed by atoms with Crippen molar-refractivity contribution in [2.75, 3.05) is 228 Å². The zero-order valence-corrected chi connectivity index (χ0v) is 88.4. The molecule has 20 N–H and O–H groups in total. The maximum atomic E-state index is 13.4. The number of carboxylic acids is 1. The lowest BCUT2D eigenvalue weighted by atomic mass is 10.0. The Hall–Kier alpha value is -7.36. The number of nitrogens with two attached hydrogens (primary N) is 3. The van der Waals surface area contributed by atoms with Crippen LogP contribution in [0.5, 0.6) is 5.75 Å². The molecule has 42 nitrogen and oxygen atoms in total. The number of nitrogens with one attached hydrogen (secondary N) is 10. The van der Waals surface area contributed by atoms with Crippen molar-refractivity contribution in [3.8, 4) is 5.75 Å². The van der Waals surface area contributed by atoms with E-state index in [1.54, 1.807) is 32.5 Å². The van der Waals surface area contributed by atoms with Crippen LogP contribution in [0.2, 0.25) is 0 Å². The minimum atomic E-state index is -5.19. The maximum absolute atomic E-state index is 13.4. The van der Waals surface area contributed by atoms with E-state index in [0.29, 0.717) is 240 Å². The first-order valence-electron chi connectivity index (χ1n) is 49.6. The van der Waals surface area contributed by atoms with Crippen LogP contribution in [0.25, 0.3) is 0 Å². The highest BCUT2D eigenvalue weighted by Crippen LogP contribution is 2.36. The van der Waals surface area contributed by atoms with Gasteiger partial charge in [-0.3, -0.25) is 14.4 Å². The molecule has 145 heavy (non-hydrogen) atoms. The van der Waals surface area contributed by atoms with Crippen LogP contribution in [0.3, 0.4) is 0 Å². The van der Waals surface area contributed by atoms with Crippen LogP contribution in [-0.2, 0) is 90.2 Å². The molecule has 10 amide bonds. The summed E-state index contributed by atoms with van der Waals surface area (Å²) in [7, 11) is 0. The molecule has 9 atom stereocenters. The van der Waals surface area contributed by atoms with Gasteiger partial charge in [0.25, 0.3) is 0 Å². The van der Waals surface area contributed by atoms with Crippen molar-refractivity contribution in [3.63, 3.8) is 0 Å². The van der Waals surface area contributed by atoms with E-state index in [-0.39, 0.29) is 83.9 Å². The number of halogens is 7. The first-order valence-corrected chi connectivity index (χ1v) is 52.8. The van der Waals surface area contributed by atoms with Crippen LogP contribution in [0, 0.1) is 23.3 Å². The molecule has 52 heteroatoms. The van der Waals surface area contributed by atoms with Gasteiger partial charge in [-0.15, -0.1) is 0 Å².